The van der Waals surface area contributed by atoms with Crippen molar-refractivity contribution in [1.82, 2.24) is 26.6 Å². The van der Waals surface area contributed by atoms with Crippen LogP contribution in [-0.2, 0) is 85.6 Å². The highest BCUT2D eigenvalue weighted by atomic mass is 16.8. The lowest BCUT2D eigenvalue weighted by Crippen LogP contribution is -2.71. The van der Waals surface area contributed by atoms with Crippen molar-refractivity contribution in [2.75, 3.05) is 46.2 Å². The number of amides is 5. The van der Waals surface area contributed by atoms with Gasteiger partial charge in [-0.05, 0) is 0 Å². The summed E-state index contributed by atoms with van der Waals surface area (Å²) in [4.78, 5) is 62.5. The van der Waals surface area contributed by atoms with Gasteiger partial charge in [0.15, 0.2) is 44.0 Å². The average Bonchev–Trinajstić information content (AvgIpc) is 0.797. The summed E-state index contributed by atoms with van der Waals surface area (Å²) in [6.45, 7) is -1.92. The number of hydrogen-bond donors (Lipinski definition) is 23. The molecular weight excluding hydrogens is 1270 g/mol. The van der Waals surface area contributed by atoms with E-state index in [1.54, 1.807) is 0 Å². The third-order valence-electron chi connectivity index (χ3n) is 16.5. The highest BCUT2D eigenvalue weighted by molar-refractivity contribution is 5.75. The predicted molar refractivity (Wildman–Crippen MR) is 290 cm³/mol. The topological polar surface area (TPSA) is 630 Å². The lowest BCUT2D eigenvalue weighted by molar-refractivity contribution is -0.386. The maximum absolute atomic E-state index is 13.0. The Bertz CT molecular complexity index is 2440. The Labute approximate surface area is 528 Å². The molecule has 41 heteroatoms. The van der Waals surface area contributed by atoms with Gasteiger partial charge in [-0.2, -0.15) is 0 Å². The van der Waals surface area contributed by atoms with Crippen molar-refractivity contribution in [1.29, 1.82) is 0 Å². The fourth-order valence-electron chi connectivity index (χ4n) is 11.9. The number of aliphatic hydroxyl groups is 18. The van der Waals surface area contributed by atoms with E-state index in [0.29, 0.717) is 0 Å². The monoisotopic (exact) mass is 1360 g/mol. The molecule has 0 aromatic rings. The minimum Gasteiger partial charge on any atom is -0.394 e. The van der Waals surface area contributed by atoms with E-state index in [1.165, 1.54) is 0 Å². The molecule has 7 aliphatic heterocycles. The molecule has 7 aliphatic rings. The smallest absolute Gasteiger partial charge is 0.217 e. The molecule has 41 nitrogen and oxygen atoms in total. The van der Waals surface area contributed by atoms with Crippen molar-refractivity contribution in [3.63, 3.8) is 0 Å². The molecular formula is C52H87N5O36. The molecule has 0 unspecified atom stereocenters. The summed E-state index contributed by atoms with van der Waals surface area (Å²) < 4.78 is 76.4. The van der Waals surface area contributed by atoms with E-state index in [-0.39, 0.29) is 0 Å². The number of ether oxygens (including phenoxy) is 13. The predicted octanol–water partition coefficient (Wildman–Crippen LogP) is -15.6. The highest BCUT2D eigenvalue weighted by Crippen LogP contribution is 2.38. The SMILES string of the molecule is CC(=O)N[C@@H]1[C@@H](O[C@@H]2O[C@H](CO)[C@@H](O[C@@H]3O[C@H](CO[C@@H]4O[C@H](CO)[C@@H](O)[C@H](O)[C@H]4NC(C)=O)[C@H](O)[C@H](O[C@@H]4O[C@H](CO)[C@@H](O[C@@H]5O[C@H](CO)[C@H](O)[C@H](O[C@H]6O[C@H](CO)[C@H](O)[C@H](O)[C@H]6NC(C)=O)[C@H]5O)[C@H](O)[C@H]4NC(C)=O)[C@H]3O)[C@H](O)[C@H]2NC(C)=O)[C@@H](O)[C@@H](CO)O[C@@H]1O. The molecule has 35 atom stereocenters. The van der Waals surface area contributed by atoms with E-state index in [0.717, 1.165) is 34.6 Å². The van der Waals surface area contributed by atoms with Crippen molar-refractivity contribution in [2.24, 2.45) is 0 Å². The summed E-state index contributed by atoms with van der Waals surface area (Å²) in [5.74, 6) is -4.14. The maximum atomic E-state index is 13.0. The highest BCUT2D eigenvalue weighted by Gasteiger charge is 2.59. The Morgan fingerprint density at radius 3 is 0.935 bits per heavy atom. The molecule has 23 N–H and O–H groups in total. The average molecular weight is 1360 g/mol. The Morgan fingerprint density at radius 1 is 0.280 bits per heavy atom. The number of nitrogens with one attached hydrogen (secondary N) is 5. The van der Waals surface area contributed by atoms with E-state index >= 15 is 0 Å². The first-order valence-electron chi connectivity index (χ1n) is 29.6. The Hall–Kier alpha value is -3.89. The molecule has 7 saturated heterocycles. The number of rotatable bonds is 24. The van der Waals surface area contributed by atoms with Gasteiger partial charge in [-0.3, -0.25) is 24.0 Å². The number of hydrogen-bond acceptors (Lipinski definition) is 36. The standard InChI is InChI=1S/C52H87N5O36/c1-13(64)53-25-35(74)30(69)18(6-58)83-47(25)81-12-24-34(73)45(40(79)52(88-24)90-42-22(10-62)86-49(27(37(42)76)55-15(3)66)91-43-29(57-17(5)68)46(80)82-20(8-60)32(43)71)93-50-28(56-16(4)67)38(77)41(23(11-63)87-50)89-51-39(78)44(33(72)21(9-61)85-51)92-48-26(54-14(2)65)36(75)31(70)19(7-59)84-48/h18-52,58-63,69-80H,6-12H2,1-5H3,(H,53,64)(H,54,65)(H,55,66)(H,56,67)(H,57,68)/t18-,19-,20-,21-,22-,23-,24-,25-,26-,27-,28-,29-,30-,31+,32+,33+,34+,35-,36-,37-,38-,39-,40-,41-,42-,43-,44+,45+,46+,47-,48-,49+,50+,51+,52+/m1/s1. The third-order valence-corrected chi connectivity index (χ3v) is 16.5. The number of carbonyl (C=O) groups is 5. The molecule has 0 aliphatic carbocycles. The van der Waals surface area contributed by atoms with Crippen molar-refractivity contribution in [3.8, 4) is 0 Å². The van der Waals surface area contributed by atoms with Crippen LogP contribution in [0.1, 0.15) is 34.6 Å². The Balaban J connectivity index is 1.19. The van der Waals surface area contributed by atoms with Crippen LogP contribution in [0, 0.1) is 0 Å². The molecule has 5 amide bonds. The van der Waals surface area contributed by atoms with Gasteiger partial charge in [0.2, 0.25) is 29.5 Å². The Kier molecular flexibility index (Phi) is 27.6. The molecule has 0 aromatic carbocycles. The van der Waals surface area contributed by atoms with Crippen LogP contribution < -0.4 is 26.6 Å². The van der Waals surface area contributed by atoms with Gasteiger partial charge in [-0.1, -0.05) is 0 Å². The molecule has 7 rings (SSSR count). The summed E-state index contributed by atoms with van der Waals surface area (Å²) in [5, 5.41) is 211. The first-order valence-corrected chi connectivity index (χ1v) is 29.6. The molecule has 0 bridgehead atoms. The normalized spacial score (nSPS) is 46.4. The van der Waals surface area contributed by atoms with E-state index in [2.05, 4.69) is 26.6 Å². The molecule has 7 heterocycles. The van der Waals surface area contributed by atoms with Crippen LogP contribution in [0.4, 0.5) is 0 Å². The second-order valence-electron chi connectivity index (χ2n) is 23.3. The van der Waals surface area contributed by atoms with Gasteiger partial charge in [-0.15, -0.1) is 0 Å². The molecule has 0 radical (unpaired) electrons. The largest absolute Gasteiger partial charge is 0.394 e. The van der Waals surface area contributed by atoms with Crippen LogP contribution in [0.15, 0.2) is 0 Å². The van der Waals surface area contributed by atoms with Gasteiger partial charge < -0.3 is 180 Å². The summed E-state index contributed by atoms with van der Waals surface area (Å²) in [5.41, 5.74) is 0. The van der Waals surface area contributed by atoms with Gasteiger partial charge in [0.05, 0.1) is 46.2 Å². The van der Waals surface area contributed by atoms with Crippen LogP contribution in [0.2, 0.25) is 0 Å². The fraction of sp³-hybridized carbons (Fsp3) is 0.904. The van der Waals surface area contributed by atoms with Crippen molar-refractivity contribution >= 4 is 29.5 Å². The van der Waals surface area contributed by atoms with Gasteiger partial charge in [0.25, 0.3) is 0 Å². The molecule has 7 fully saturated rings. The first-order chi connectivity index (χ1) is 43.9. The van der Waals surface area contributed by atoms with Crippen LogP contribution >= 0.6 is 0 Å². The van der Waals surface area contributed by atoms with Crippen molar-refractivity contribution < 1.29 is 177 Å². The van der Waals surface area contributed by atoms with Crippen molar-refractivity contribution in [3.05, 3.63) is 0 Å². The second kappa shape index (κ2) is 33.6. The van der Waals surface area contributed by atoms with Gasteiger partial charge in [0, 0.05) is 34.6 Å². The van der Waals surface area contributed by atoms with Crippen LogP contribution in [-0.4, -0.2) is 382 Å². The summed E-state index contributed by atoms with van der Waals surface area (Å²) in [6, 6.07) is -8.60. The molecule has 0 spiro atoms. The van der Waals surface area contributed by atoms with Gasteiger partial charge >= 0.3 is 0 Å². The lowest BCUT2D eigenvalue weighted by atomic mass is 9.93. The zero-order valence-electron chi connectivity index (χ0n) is 50.6. The van der Waals surface area contributed by atoms with E-state index in [4.69, 9.17) is 61.6 Å². The van der Waals surface area contributed by atoms with E-state index in [9.17, 15) is 116 Å². The quantitative estimate of drug-likeness (QED) is 0.0427. The summed E-state index contributed by atoms with van der Waals surface area (Å²) in [6.07, 6.45) is -58.4. The third kappa shape index (κ3) is 17.5. The molecule has 536 valence electrons. The Morgan fingerprint density at radius 2 is 0.548 bits per heavy atom. The van der Waals surface area contributed by atoms with Crippen LogP contribution in [0.25, 0.3) is 0 Å². The number of aliphatic hydroxyl groups excluding tert-OH is 18. The minimum absolute atomic E-state index is 0.769. The van der Waals surface area contributed by atoms with Crippen LogP contribution in [0.5, 0.6) is 0 Å². The molecule has 0 saturated carbocycles. The summed E-state index contributed by atoms with van der Waals surface area (Å²) in [7, 11) is 0. The van der Waals surface area contributed by atoms with Crippen molar-refractivity contribution in [2.45, 2.75) is 249 Å². The van der Waals surface area contributed by atoms with Gasteiger partial charge in [-0.25, -0.2) is 0 Å². The lowest BCUT2D eigenvalue weighted by Gasteiger charge is -2.51. The van der Waals surface area contributed by atoms with E-state index in [1.807, 2.05) is 0 Å². The molecule has 0 aromatic heterocycles. The first kappa shape index (κ1) is 76.5. The molecule has 93 heavy (non-hydrogen) atoms. The second-order valence-corrected chi connectivity index (χ2v) is 23.3. The zero-order valence-corrected chi connectivity index (χ0v) is 50.6. The minimum atomic E-state index is -2.39. The number of carbonyl (C=O) groups excluding carboxylic acids is 5. The maximum Gasteiger partial charge on any atom is 0.217 e. The zero-order chi connectivity index (χ0) is 68.8. The van der Waals surface area contributed by atoms with E-state index < -0.39 is 290 Å². The van der Waals surface area contributed by atoms with Crippen LogP contribution in [0.3, 0.4) is 0 Å². The summed E-state index contributed by atoms with van der Waals surface area (Å²) >= 11 is 0. The van der Waals surface area contributed by atoms with Gasteiger partial charge in [0.1, 0.15) is 171 Å². The fourth-order valence-corrected chi connectivity index (χ4v) is 11.9.